The van der Waals surface area contributed by atoms with Crippen LogP contribution in [0, 0.1) is 13.8 Å². The van der Waals surface area contributed by atoms with Gasteiger partial charge in [-0.3, -0.25) is 9.59 Å². The number of aromatic nitrogens is 1. The normalized spacial score (nSPS) is 15.5. The highest BCUT2D eigenvalue weighted by Gasteiger charge is 2.34. The van der Waals surface area contributed by atoms with Crippen LogP contribution in [0.25, 0.3) is 0 Å². The molecule has 2 aromatic carbocycles. The highest BCUT2D eigenvalue weighted by molar-refractivity contribution is 5.96. The minimum atomic E-state index is -0.158. The standard InChI is InChI=1S/C27H31N3O2/c1-19(2)30(27(32)22-12-10-20(3)11-13-22)18-25(31)29-16-15-28-14-6-9-24(28)26(29)23-8-5-7-21(4)17-23/h5-14,17,19,26H,15-16,18H2,1-4H3. The molecule has 32 heavy (non-hydrogen) atoms. The molecule has 5 heteroatoms. The van der Waals surface area contributed by atoms with Crippen molar-refractivity contribution in [1.29, 1.82) is 0 Å². The second-order valence-electron chi connectivity index (χ2n) is 8.92. The number of carbonyl (C=O) groups excluding carboxylic acids is 2. The molecular weight excluding hydrogens is 398 g/mol. The lowest BCUT2D eigenvalue weighted by Gasteiger charge is -2.39. The van der Waals surface area contributed by atoms with E-state index in [-0.39, 0.29) is 30.4 Å². The average molecular weight is 430 g/mol. The summed E-state index contributed by atoms with van der Waals surface area (Å²) in [6.45, 7) is 9.41. The van der Waals surface area contributed by atoms with Crippen LogP contribution in [-0.2, 0) is 11.3 Å². The van der Waals surface area contributed by atoms with Crippen LogP contribution < -0.4 is 0 Å². The first-order chi connectivity index (χ1) is 15.3. The fraction of sp³-hybridized carbons (Fsp3) is 0.333. The molecule has 0 aliphatic carbocycles. The van der Waals surface area contributed by atoms with Gasteiger partial charge in [-0.1, -0.05) is 47.5 Å². The third kappa shape index (κ3) is 4.33. The molecule has 0 spiro atoms. The number of benzene rings is 2. The Labute approximate surface area is 190 Å². The van der Waals surface area contributed by atoms with E-state index in [2.05, 4.69) is 42.0 Å². The van der Waals surface area contributed by atoms with Crippen molar-refractivity contribution >= 4 is 11.8 Å². The quantitative estimate of drug-likeness (QED) is 0.596. The lowest BCUT2D eigenvalue weighted by atomic mass is 9.98. The average Bonchev–Trinajstić information content (AvgIpc) is 3.25. The van der Waals surface area contributed by atoms with Crippen molar-refractivity contribution in [2.24, 2.45) is 0 Å². The van der Waals surface area contributed by atoms with Gasteiger partial charge in [0.1, 0.15) is 6.54 Å². The molecule has 0 saturated carbocycles. The summed E-state index contributed by atoms with van der Waals surface area (Å²) in [7, 11) is 0. The number of hydrogen-bond donors (Lipinski definition) is 0. The zero-order valence-corrected chi connectivity index (χ0v) is 19.3. The maximum Gasteiger partial charge on any atom is 0.254 e. The van der Waals surface area contributed by atoms with E-state index in [1.807, 2.05) is 62.1 Å². The number of fused-ring (bicyclic) bond motifs is 1. The second-order valence-corrected chi connectivity index (χ2v) is 8.92. The van der Waals surface area contributed by atoms with Crippen molar-refractivity contribution in [1.82, 2.24) is 14.4 Å². The van der Waals surface area contributed by atoms with Crippen LogP contribution in [0.3, 0.4) is 0 Å². The van der Waals surface area contributed by atoms with Crippen LogP contribution in [0.1, 0.15) is 52.6 Å². The first-order valence-corrected chi connectivity index (χ1v) is 11.2. The van der Waals surface area contributed by atoms with Crippen molar-refractivity contribution < 1.29 is 9.59 Å². The molecule has 0 N–H and O–H groups in total. The summed E-state index contributed by atoms with van der Waals surface area (Å²) >= 11 is 0. The zero-order valence-electron chi connectivity index (χ0n) is 19.3. The molecule has 4 rings (SSSR count). The van der Waals surface area contributed by atoms with Gasteiger partial charge in [0.05, 0.1) is 6.04 Å². The molecule has 2 amide bonds. The highest BCUT2D eigenvalue weighted by Crippen LogP contribution is 2.33. The highest BCUT2D eigenvalue weighted by atomic mass is 16.2. The number of amides is 2. The lowest BCUT2D eigenvalue weighted by Crippen LogP contribution is -2.49. The van der Waals surface area contributed by atoms with E-state index >= 15 is 0 Å². The predicted molar refractivity (Wildman–Crippen MR) is 127 cm³/mol. The molecule has 0 fully saturated rings. The summed E-state index contributed by atoms with van der Waals surface area (Å²) in [5.41, 5.74) is 5.08. The van der Waals surface area contributed by atoms with Crippen LogP contribution in [0.15, 0.2) is 66.9 Å². The van der Waals surface area contributed by atoms with Gasteiger partial charge in [-0.05, 0) is 57.5 Å². The summed E-state index contributed by atoms with van der Waals surface area (Å²) in [6.07, 6.45) is 2.07. The van der Waals surface area contributed by atoms with Crippen LogP contribution in [-0.4, -0.2) is 45.3 Å². The van der Waals surface area contributed by atoms with E-state index < -0.39 is 0 Å². The van der Waals surface area contributed by atoms with Gasteiger partial charge in [0.25, 0.3) is 5.91 Å². The molecule has 0 saturated heterocycles. The van der Waals surface area contributed by atoms with Gasteiger partial charge in [0.15, 0.2) is 0 Å². The van der Waals surface area contributed by atoms with Crippen molar-refractivity contribution in [2.45, 2.75) is 46.3 Å². The summed E-state index contributed by atoms with van der Waals surface area (Å²) < 4.78 is 2.22. The summed E-state index contributed by atoms with van der Waals surface area (Å²) in [5, 5.41) is 0. The summed E-state index contributed by atoms with van der Waals surface area (Å²) in [6, 6.07) is 19.7. The Morgan fingerprint density at radius 1 is 0.969 bits per heavy atom. The number of hydrogen-bond acceptors (Lipinski definition) is 2. The van der Waals surface area contributed by atoms with Gasteiger partial charge >= 0.3 is 0 Å². The van der Waals surface area contributed by atoms with Gasteiger partial charge in [0.2, 0.25) is 5.91 Å². The largest absolute Gasteiger partial charge is 0.348 e. The van der Waals surface area contributed by atoms with Crippen molar-refractivity contribution in [3.05, 3.63) is 94.8 Å². The number of carbonyl (C=O) groups is 2. The maximum absolute atomic E-state index is 13.6. The molecule has 166 valence electrons. The van der Waals surface area contributed by atoms with Gasteiger partial charge in [-0.2, -0.15) is 0 Å². The Kier molecular flexibility index (Phi) is 6.17. The van der Waals surface area contributed by atoms with Gasteiger partial charge in [-0.25, -0.2) is 0 Å². The van der Waals surface area contributed by atoms with Crippen LogP contribution in [0.5, 0.6) is 0 Å². The third-order valence-electron chi connectivity index (χ3n) is 6.20. The fourth-order valence-corrected chi connectivity index (χ4v) is 4.43. The molecule has 1 aromatic heterocycles. The van der Waals surface area contributed by atoms with Gasteiger partial charge in [-0.15, -0.1) is 0 Å². The molecule has 0 radical (unpaired) electrons. The SMILES string of the molecule is Cc1ccc(C(=O)N(CC(=O)N2CCn3cccc3C2c2cccc(C)c2)C(C)C)cc1. The second kappa shape index (κ2) is 9.03. The van der Waals surface area contributed by atoms with Gasteiger partial charge in [0, 0.05) is 36.6 Å². The van der Waals surface area contributed by atoms with E-state index in [1.54, 1.807) is 4.90 Å². The first kappa shape index (κ1) is 21.9. The van der Waals surface area contributed by atoms with Crippen molar-refractivity contribution in [3.8, 4) is 0 Å². The fourth-order valence-electron chi connectivity index (χ4n) is 4.43. The molecular formula is C27H31N3O2. The minimum Gasteiger partial charge on any atom is -0.348 e. The molecule has 3 aromatic rings. The van der Waals surface area contributed by atoms with Crippen molar-refractivity contribution in [3.63, 3.8) is 0 Å². The van der Waals surface area contributed by atoms with Crippen LogP contribution in [0.2, 0.25) is 0 Å². The van der Waals surface area contributed by atoms with E-state index in [0.29, 0.717) is 12.1 Å². The minimum absolute atomic E-state index is 0.0295. The molecule has 1 aliphatic heterocycles. The van der Waals surface area contributed by atoms with Crippen LogP contribution >= 0.6 is 0 Å². The third-order valence-corrected chi connectivity index (χ3v) is 6.20. The molecule has 1 unspecified atom stereocenters. The van der Waals surface area contributed by atoms with E-state index in [0.717, 1.165) is 28.9 Å². The Bertz CT molecular complexity index is 1110. The number of rotatable bonds is 5. The summed E-state index contributed by atoms with van der Waals surface area (Å²) in [4.78, 5) is 30.5. The Balaban J connectivity index is 1.62. The first-order valence-electron chi connectivity index (χ1n) is 11.2. The smallest absolute Gasteiger partial charge is 0.254 e. The lowest BCUT2D eigenvalue weighted by molar-refractivity contribution is -0.135. The topological polar surface area (TPSA) is 45.6 Å². The number of aryl methyl sites for hydroxylation is 2. The molecule has 1 atom stereocenters. The molecule has 5 nitrogen and oxygen atoms in total. The Hall–Kier alpha value is -3.34. The molecule has 2 heterocycles. The number of nitrogens with zero attached hydrogens (tertiary/aromatic N) is 3. The maximum atomic E-state index is 13.6. The van der Waals surface area contributed by atoms with Crippen LogP contribution in [0.4, 0.5) is 0 Å². The Morgan fingerprint density at radius 2 is 1.72 bits per heavy atom. The van der Waals surface area contributed by atoms with Crippen molar-refractivity contribution in [2.75, 3.05) is 13.1 Å². The predicted octanol–water partition coefficient (Wildman–Crippen LogP) is 4.59. The summed E-state index contributed by atoms with van der Waals surface area (Å²) in [5.74, 6) is -0.140. The monoisotopic (exact) mass is 429 g/mol. The van der Waals surface area contributed by atoms with Gasteiger partial charge < -0.3 is 14.4 Å². The van der Waals surface area contributed by atoms with E-state index in [1.165, 1.54) is 0 Å². The molecule has 0 bridgehead atoms. The molecule has 1 aliphatic rings. The van der Waals surface area contributed by atoms with E-state index in [9.17, 15) is 9.59 Å². The van der Waals surface area contributed by atoms with E-state index in [4.69, 9.17) is 0 Å². The Morgan fingerprint density at radius 3 is 2.41 bits per heavy atom. The zero-order chi connectivity index (χ0) is 22.8.